The van der Waals surface area contributed by atoms with Crippen LogP contribution in [0.2, 0.25) is 0 Å². The first-order valence-corrected chi connectivity index (χ1v) is 9.39. The lowest BCUT2D eigenvalue weighted by atomic mass is 9.42. The predicted octanol–water partition coefficient (Wildman–Crippen LogP) is 2.82. The Labute approximate surface area is 153 Å². The van der Waals surface area contributed by atoms with Gasteiger partial charge in [-0.15, -0.1) is 0 Å². The number of hydrogen-bond donors (Lipinski definition) is 2. The number of nitrogens with one attached hydrogen (secondary N) is 1. The molecule has 1 aliphatic heterocycles. The van der Waals surface area contributed by atoms with Gasteiger partial charge < -0.3 is 15.8 Å². The van der Waals surface area contributed by atoms with E-state index in [9.17, 15) is 4.79 Å². The summed E-state index contributed by atoms with van der Waals surface area (Å²) >= 11 is 0. The topological polar surface area (TPSA) is 64.3 Å². The van der Waals surface area contributed by atoms with Gasteiger partial charge in [0.05, 0.1) is 12.5 Å². The Kier molecular flexibility index (Phi) is 3.26. The summed E-state index contributed by atoms with van der Waals surface area (Å²) in [5.74, 6) is 0.326. The average molecular weight is 348 g/mol. The molecule has 4 nitrogen and oxygen atoms in total. The number of nitrogen functional groups attached to an aromatic ring is 1. The van der Waals surface area contributed by atoms with Crippen LogP contribution in [-0.2, 0) is 14.9 Å². The molecule has 26 heavy (non-hydrogen) atoms. The number of esters is 1. The Morgan fingerprint density at radius 2 is 2.08 bits per heavy atom. The Hall–Kier alpha value is -2.33. The van der Waals surface area contributed by atoms with Crippen LogP contribution in [-0.4, -0.2) is 26.2 Å². The third kappa shape index (κ3) is 1.71. The molecule has 4 atom stereocenters. The smallest absolute Gasteiger partial charge is 0.314 e. The lowest BCUT2D eigenvalue weighted by molar-refractivity contribution is -0.161. The van der Waals surface area contributed by atoms with Gasteiger partial charge in [-0.2, -0.15) is 0 Å². The molecule has 2 bridgehead atoms. The van der Waals surface area contributed by atoms with Gasteiger partial charge in [0.15, 0.2) is 0 Å². The molecule has 0 aromatic heterocycles. The molecule has 2 fully saturated rings. The van der Waals surface area contributed by atoms with Gasteiger partial charge in [-0.05, 0) is 41.7 Å². The van der Waals surface area contributed by atoms with E-state index in [0.29, 0.717) is 6.54 Å². The zero-order chi connectivity index (χ0) is 17.9. The molecule has 1 heterocycles. The fraction of sp³-hybridized carbons (Fsp3) is 0.409. The number of fused-ring (bicyclic) bond motifs is 1. The second kappa shape index (κ2) is 5.34. The third-order valence-corrected chi connectivity index (χ3v) is 7.22. The SMILES string of the molecule is COC(=O)C12CNCC1C1(c3cccc(N)c3)CCC2c2ccccc21. The summed E-state index contributed by atoms with van der Waals surface area (Å²) in [4.78, 5) is 13.1. The van der Waals surface area contributed by atoms with E-state index in [1.165, 1.54) is 23.8 Å². The maximum absolute atomic E-state index is 13.1. The Bertz CT molecular complexity index is 895. The van der Waals surface area contributed by atoms with Crippen molar-refractivity contribution in [3.63, 3.8) is 0 Å². The number of benzene rings is 2. The quantitative estimate of drug-likeness (QED) is 0.647. The van der Waals surface area contributed by atoms with Gasteiger partial charge >= 0.3 is 5.97 Å². The minimum absolute atomic E-state index is 0.0695. The molecule has 2 aromatic carbocycles. The fourth-order valence-electron chi connectivity index (χ4n) is 6.34. The van der Waals surface area contributed by atoms with Gasteiger partial charge in [0.25, 0.3) is 0 Å². The van der Waals surface area contributed by atoms with Crippen LogP contribution in [0.4, 0.5) is 5.69 Å². The van der Waals surface area contributed by atoms with Crippen molar-refractivity contribution >= 4 is 11.7 Å². The molecule has 4 unspecified atom stereocenters. The van der Waals surface area contributed by atoms with Crippen molar-refractivity contribution in [2.75, 3.05) is 25.9 Å². The maximum Gasteiger partial charge on any atom is 0.314 e. The van der Waals surface area contributed by atoms with Crippen molar-refractivity contribution in [3.8, 4) is 0 Å². The second-order valence-corrected chi connectivity index (χ2v) is 7.99. The fourth-order valence-corrected chi connectivity index (χ4v) is 6.34. The number of nitrogens with two attached hydrogens (primary N) is 1. The van der Waals surface area contributed by atoms with E-state index in [1.54, 1.807) is 0 Å². The molecule has 3 aliphatic carbocycles. The summed E-state index contributed by atoms with van der Waals surface area (Å²) in [5, 5.41) is 3.53. The average Bonchev–Trinajstić information content (AvgIpc) is 3.15. The van der Waals surface area contributed by atoms with E-state index in [2.05, 4.69) is 41.7 Å². The van der Waals surface area contributed by atoms with Gasteiger partial charge in [0.1, 0.15) is 0 Å². The molecule has 1 saturated carbocycles. The molecular formula is C22H24N2O2. The molecule has 4 aliphatic rings. The molecule has 2 aromatic rings. The zero-order valence-corrected chi connectivity index (χ0v) is 15.0. The molecule has 6 rings (SSSR count). The Morgan fingerprint density at radius 1 is 1.23 bits per heavy atom. The summed E-state index contributed by atoms with van der Waals surface area (Å²) in [6.45, 7) is 1.52. The van der Waals surface area contributed by atoms with Crippen molar-refractivity contribution < 1.29 is 9.53 Å². The van der Waals surface area contributed by atoms with Crippen LogP contribution in [0.3, 0.4) is 0 Å². The standard InChI is InChI=1S/C22H24N2O2/c1-26-20(25)22-13-24-12-19(22)21(14-5-4-6-15(23)11-14)10-9-18(22)16-7-2-3-8-17(16)21/h2-8,11,18-19,24H,9-10,12-13,23H2,1H3. The van der Waals surface area contributed by atoms with Gasteiger partial charge in [0, 0.05) is 36.0 Å². The minimum Gasteiger partial charge on any atom is -0.469 e. The van der Waals surface area contributed by atoms with Gasteiger partial charge in [-0.25, -0.2) is 0 Å². The first-order valence-electron chi connectivity index (χ1n) is 9.39. The molecule has 0 amide bonds. The highest BCUT2D eigenvalue weighted by atomic mass is 16.5. The summed E-state index contributed by atoms with van der Waals surface area (Å²) in [6.07, 6.45) is 2.04. The highest BCUT2D eigenvalue weighted by Gasteiger charge is 2.69. The Balaban J connectivity index is 1.84. The molecule has 0 radical (unpaired) electrons. The molecule has 0 spiro atoms. The number of carbonyl (C=O) groups excluding carboxylic acids is 1. The number of anilines is 1. The summed E-state index contributed by atoms with van der Waals surface area (Å²) < 4.78 is 5.36. The number of rotatable bonds is 2. The van der Waals surface area contributed by atoms with Crippen molar-refractivity contribution in [1.82, 2.24) is 5.32 Å². The van der Waals surface area contributed by atoms with Crippen LogP contribution in [0.15, 0.2) is 48.5 Å². The van der Waals surface area contributed by atoms with Crippen LogP contribution in [0.25, 0.3) is 0 Å². The van der Waals surface area contributed by atoms with Crippen LogP contribution in [0.1, 0.15) is 35.4 Å². The van der Waals surface area contributed by atoms with Crippen molar-refractivity contribution in [2.24, 2.45) is 11.3 Å². The molecule has 4 heteroatoms. The summed E-state index contributed by atoms with van der Waals surface area (Å²) in [7, 11) is 1.52. The van der Waals surface area contributed by atoms with Gasteiger partial charge in [-0.1, -0.05) is 36.4 Å². The number of hydrogen-bond acceptors (Lipinski definition) is 4. The molecular weight excluding hydrogens is 324 g/mol. The molecule has 3 N–H and O–H groups in total. The minimum atomic E-state index is -0.494. The normalized spacial score (nSPS) is 34.2. The van der Waals surface area contributed by atoms with E-state index < -0.39 is 5.41 Å². The van der Waals surface area contributed by atoms with Crippen LogP contribution in [0.5, 0.6) is 0 Å². The zero-order valence-electron chi connectivity index (χ0n) is 15.0. The van der Waals surface area contributed by atoms with E-state index in [0.717, 1.165) is 25.1 Å². The van der Waals surface area contributed by atoms with Gasteiger partial charge in [-0.3, -0.25) is 4.79 Å². The molecule has 1 saturated heterocycles. The molecule has 134 valence electrons. The predicted molar refractivity (Wildman–Crippen MR) is 101 cm³/mol. The van der Waals surface area contributed by atoms with Crippen LogP contribution >= 0.6 is 0 Å². The monoisotopic (exact) mass is 348 g/mol. The van der Waals surface area contributed by atoms with E-state index in [4.69, 9.17) is 10.5 Å². The van der Waals surface area contributed by atoms with Crippen LogP contribution < -0.4 is 11.1 Å². The van der Waals surface area contributed by atoms with Crippen molar-refractivity contribution in [1.29, 1.82) is 0 Å². The third-order valence-electron chi connectivity index (χ3n) is 7.22. The van der Waals surface area contributed by atoms with Crippen molar-refractivity contribution in [3.05, 3.63) is 65.2 Å². The van der Waals surface area contributed by atoms with E-state index in [1.807, 2.05) is 12.1 Å². The highest BCUT2D eigenvalue weighted by Crippen LogP contribution is 2.68. The number of methoxy groups -OCH3 is 1. The number of carbonyl (C=O) groups is 1. The summed E-state index contributed by atoms with van der Waals surface area (Å²) in [5.41, 5.74) is 10.2. The van der Waals surface area contributed by atoms with Crippen LogP contribution in [0, 0.1) is 11.3 Å². The van der Waals surface area contributed by atoms with Crippen molar-refractivity contribution in [2.45, 2.75) is 24.2 Å². The summed E-state index contributed by atoms with van der Waals surface area (Å²) in [6, 6.07) is 16.9. The van der Waals surface area contributed by atoms with E-state index >= 15 is 0 Å². The second-order valence-electron chi connectivity index (χ2n) is 7.99. The first kappa shape index (κ1) is 15.9. The van der Waals surface area contributed by atoms with E-state index in [-0.39, 0.29) is 23.2 Å². The lowest BCUT2D eigenvalue weighted by Crippen LogP contribution is -2.60. The van der Waals surface area contributed by atoms with Gasteiger partial charge in [0.2, 0.25) is 0 Å². The lowest BCUT2D eigenvalue weighted by Gasteiger charge is -2.59. The number of ether oxygens (including phenoxy) is 1. The first-order chi connectivity index (χ1) is 12.6. The highest BCUT2D eigenvalue weighted by molar-refractivity contribution is 5.82. The maximum atomic E-state index is 13.1. The largest absolute Gasteiger partial charge is 0.469 e. The Morgan fingerprint density at radius 3 is 2.88 bits per heavy atom.